The maximum Gasteiger partial charge on any atom is 1.00 e. The molecule has 154 valence electrons. The number of hydrogen-bond acceptors (Lipinski definition) is 9. The van der Waals surface area contributed by atoms with E-state index in [1.165, 1.54) is 13.2 Å². The van der Waals surface area contributed by atoms with Gasteiger partial charge in [-0.2, -0.15) is 15.3 Å². The fourth-order valence-corrected chi connectivity index (χ4v) is 2.86. The summed E-state index contributed by atoms with van der Waals surface area (Å²) in [7, 11) is -1.61. The predicted octanol–water partition coefficient (Wildman–Crippen LogP) is 2.44. The van der Waals surface area contributed by atoms with Gasteiger partial charge in [-0.1, -0.05) is 0 Å². The number of rotatable bonds is 7. The zero-order valence-electron chi connectivity index (χ0n) is 17.1. The van der Waals surface area contributed by atoms with Crippen molar-refractivity contribution in [3.8, 4) is 11.5 Å². The van der Waals surface area contributed by atoms with E-state index >= 15 is 0 Å². The monoisotopic (exact) mass is 448 g/mol. The normalized spacial score (nSPS) is 11.5. The molecule has 0 saturated carbocycles. The summed E-state index contributed by atoms with van der Waals surface area (Å²) in [5, 5.41) is 16.3. The number of methoxy groups -OCH3 is 2. The van der Waals surface area contributed by atoms with E-state index in [0.29, 0.717) is 17.1 Å². The summed E-state index contributed by atoms with van der Waals surface area (Å²) in [5.74, 6) is 1.02. The van der Waals surface area contributed by atoms with Gasteiger partial charge in [0.2, 0.25) is 0 Å². The van der Waals surface area contributed by atoms with E-state index in [-0.39, 0.29) is 41.0 Å². The number of azo groups is 2. The fraction of sp³-hybridized carbons (Fsp3) is 0.100. The molecule has 0 fully saturated rings. The molecule has 0 radical (unpaired) electrons. The standard InChI is InChI=1S/C20H18N4O5S.Na/c1-28-17-9-7-16(8-10-17)22-21-14-3-5-15(6-4-14)23-24-19-13-18(30(25,26)27)11-12-20(19)29-2;/h3-13H,1-2H3,(H,25,26,27);/q;+1/p-1. The molecule has 3 aromatic carbocycles. The van der Waals surface area contributed by atoms with E-state index in [0.717, 1.165) is 17.9 Å². The molecule has 0 amide bonds. The van der Waals surface area contributed by atoms with E-state index in [2.05, 4.69) is 20.5 Å². The van der Waals surface area contributed by atoms with Crippen molar-refractivity contribution < 1.29 is 52.0 Å². The van der Waals surface area contributed by atoms with Crippen LogP contribution in [-0.2, 0) is 10.1 Å². The number of nitrogens with zero attached hydrogens (tertiary/aromatic N) is 4. The third kappa shape index (κ3) is 6.94. The molecule has 3 aromatic rings. The maximum absolute atomic E-state index is 11.2. The number of benzene rings is 3. The Kier molecular flexibility index (Phi) is 8.84. The number of hydrogen-bond donors (Lipinski definition) is 0. The van der Waals surface area contributed by atoms with Gasteiger partial charge in [0.15, 0.2) is 0 Å². The molecule has 0 unspecified atom stereocenters. The van der Waals surface area contributed by atoms with Crippen molar-refractivity contribution in [1.82, 2.24) is 0 Å². The van der Waals surface area contributed by atoms with Crippen LogP contribution in [0.25, 0.3) is 0 Å². The van der Waals surface area contributed by atoms with Gasteiger partial charge in [-0.05, 0) is 66.7 Å². The van der Waals surface area contributed by atoms with Gasteiger partial charge in [0.1, 0.15) is 27.3 Å². The minimum absolute atomic E-state index is 0. The molecule has 0 heterocycles. The second-order valence-corrected chi connectivity index (χ2v) is 7.28. The van der Waals surface area contributed by atoms with Crippen molar-refractivity contribution in [2.45, 2.75) is 4.90 Å². The molecule has 31 heavy (non-hydrogen) atoms. The molecule has 0 N–H and O–H groups in total. The Morgan fingerprint density at radius 1 is 0.710 bits per heavy atom. The van der Waals surface area contributed by atoms with Gasteiger partial charge in [-0.25, -0.2) is 8.42 Å². The van der Waals surface area contributed by atoms with Crippen molar-refractivity contribution in [2.75, 3.05) is 14.2 Å². The van der Waals surface area contributed by atoms with Crippen LogP contribution in [0.5, 0.6) is 11.5 Å². The number of ether oxygens (including phenoxy) is 2. The molecule has 0 bridgehead atoms. The van der Waals surface area contributed by atoms with Crippen LogP contribution in [0.1, 0.15) is 0 Å². The van der Waals surface area contributed by atoms with Crippen LogP contribution < -0.4 is 39.0 Å². The predicted molar refractivity (Wildman–Crippen MR) is 109 cm³/mol. The molecular formula is C20H17N4NaO5S. The largest absolute Gasteiger partial charge is 1.00 e. The van der Waals surface area contributed by atoms with Gasteiger partial charge in [0.05, 0.1) is 36.2 Å². The van der Waals surface area contributed by atoms with Crippen molar-refractivity contribution in [1.29, 1.82) is 0 Å². The van der Waals surface area contributed by atoms with E-state index in [4.69, 9.17) is 9.47 Å². The van der Waals surface area contributed by atoms with Gasteiger partial charge < -0.3 is 14.0 Å². The Balaban J connectivity index is 0.00000341. The first-order chi connectivity index (χ1) is 14.4. The maximum atomic E-state index is 11.2. The third-order valence-electron chi connectivity index (χ3n) is 3.92. The summed E-state index contributed by atoms with van der Waals surface area (Å²) in [4.78, 5) is -0.411. The molecule has 3 rings (SSSR count). The van der Waals surface area contributed by atoms with E-state index in [9.17, 15) is 13.0 Å². The smallest absolute Gasteiger partial charge is 0.744 e. The second-order valence-electron chi connectivity index (χ2n) is 5.90. The molecule has 11 heteroatoms. The van der Waals surface area contributed by atoms with Crippen molar-refractivity contribution in [2.24, 2.45) is 20.5 Å². The average Bonchev–Trinajstić information content (AvgIpc) is 2.76. The van der Waals surface area contributed by atoms with E-state index in [1.807, 2.05) is 0 Å². The summed E-state index contributed by atoms with van der Waals surface area (Å²) in [6.45, 7) is 0. The average molecular weight is 448 g/mol. The summed E-state index contributed by atoms with van der Waals surface area (Å²) in [6.07, 6.45) is 0. The summed E-state index contributed by atoms with van der Waals surface area (Å²) in [5.41, 5.74) is 1.91. The second kappa shape index (κ2) is 11.1. The topological polar surface area (TPSA) is 125 Å². The first-order valence-electron chi connectivity index (χ1n) is 8.60. The Labute approximate surface area is 201 Å². The molecule has 0 spiro atoms. The Morgan fingerprint density at radius 2 is 1.19 bits per heavy atom. The molecule has 9 nitrogen and oxygen atoms in total. The summed E-state index contributed by atoms with van der Waals surface area (Å²) in [6, 6.07) is 17.5. The van der Waals surface area contributed by atoms with Crippen LogP contribution in [-0.4, -0.2) is 27.2 Å². The van der Waals surface area contributed by atoms with Crippen LogP contribution in [0.4, 0.5) is 22.7 Å². The zero-order valence-corrected chi connectivity index (χ0v) is 19.9. The quantitative estimate of drug-likeness (QED) is 0.312. The van der Waals surface area contributed by atoms with E-state index in [1.54, 1.807) is 55.6 Å². The zero-order chi connectivity index (χ0) is 21.6. The van der Waals surface area contributed by atoms with Crippen LogP contribution in [0.2, 0.25) is 0 Å². The van der Waals surface area contributed by atoms with Gasteiger partial charge in [0, 0.05) is 0 Å². The van der Waals surface area contributed by atoms with Crippen LogP contribution in [0.15, 0.2) is 92.1 Å². The Morgan fingerprint density at radius 3 is 1.65 bits per heavy atom. The molecule has 0 aliphatic carbocycles. The van der Waals surface area contributed by atoms with Crippen molar-refractivity contribution >= 4 is 32.9 Å². The molecule has 0 aromatic heterocycles. The summed E-state index contributed by atoms with van der Waals surface area (Å²) < 4.78 is 43.8. The molecule has 0 aliphatic heterocycles. The molecule has 0 saturated heterocycles. The summed E-state index contributed by atoms with van der Waals surface area (Å²) >= 11 is 0. The van der Waals surface area contributed by atoms with E-state index < -0.39 is 15.0 Å². The van der Waals surface area contributed by atoms with Crippen molar-refractivity contribution in [3.05, 3.63) is 66.7 Å². The first kappa shape index (κ1) is 24.6. The minimum Gasteiger partial charge on any atom is -0.744 e. The molecule has 0 aliphatic rings. The molecular weight excluding hydrogens is 431 g/mol. The SMILES string of the molecule is COc1ccc(N=Nc2ccc(N=Nc3cc(S(=O)(=O)[O-])ccc3OC)cc2)cc1.[Na+]. The van der Waals surface area contributed by atoms with Gasteiger partial charge in [0.25, 0.3) is 0 Å². The minimum atomic E-state index is -4.61. The van der Waals surface area contributed by atoms with Crippen LogP contribution in [0.3, 0.4) is 0 Å². The van der Waals surface area contributed by atoms with Gasteiger partial charge in [-0.3, -0.25) is 0 Å². The van der Waals surface area contributed by atoms with Crippen LogP contribution in [0, 0.1) is 0 Å². The van der Waals surface area contributed by atoms with Crippen molar-refractivity contribution in [3.63, 3.8) is 0 Å². The Bertz CT molecular complexity index is 1180. The third-order valence-corrected chi connectivity index (χ3v) is 4.75. The van der Waals surface area contributed by atoms with Gasteiger partial charge in [-0.15, -0.1) is 5.11 Å². The molecule has 0 atom stereocenters. The first-order valence-corrected chi connectivity index (χ1v) is 10.0. The van der Waals surface area contributed by atoms with Crippen LogP contribution >= 0.6 is 0 Å². The Hall–Kier alpha value is -2.63. The van der Waals surface area contributed by atoms with Gasteiger partial charge >= 0.3 is 29.6 Å². The fourth-order valence-electron chi connectivity index (χ4n) is 2.37.